The van der Waals surface area contributed by atoms with Gasteiger partial charge in [-0.15, -0.1) is 0 Å². The van der Waals surface area contributed by atoms with E-state index < -0.39 is 8.07 Å². The third-order valence-corrected chi connectivity index (χ3v) is 9.11. The Hall–Kier alpha value is -2.12. The van der Waals surface area contributed by atoms with E-state index in [1.165, 1.54) is 32.7 Å². The second-order valence-corrected chi connectivity index (χ2v) is 12.7. The lowest BCUT2D eigenvalue weighted by Gasteiger charge is -2.40. The quantitative estimate of drug-likeness (QED) is 0.368. The Morgan fingerprint density at radius 3 is 2.14 bits per heavy atom. The summed E-state index contributed by atoms with van der Waals surface area (Å²) in [5, 5.41) is 2.47. The summed E-state index contributed by atoms with van der Waals surface area (Å²) in [6.45, 7) is 9.15. The number of allylic oxidation sites excluding steroid dienone is 5. The van der Waals surface area contributed by atoms with Gasteiger partial charge < -0.3 is 0 Å². The predicted octanol–water partition coefficient (Wildman–Crippen LogP) is 8.63. The number of hydrogen-bond donors (Lipinski definition) is 0. The number of unbranched alkanes of at least 4 members (excludes halogenated alkanes) is 2. The van der Waals surface area contributed by atoms with Crippen LogP contribution < -0.4 is 0 Å². The fraction of sp³-hybridized carbons (Fsp3) is 0.357. The van der Waals surface area contributed by atoms with Crippen LogP contribution in [0.2, 0.25) is 13.1 Å². The Bertz CT molecular complexity index is 982. The molecule has 29 heavy (non-hydrogen) atoms. The van der Waals surface area contributed by atoms with Crippen molar-refractivity contribution >= 4 is 18.8 Å². The highest BCUT2D eigenvalue weighted by atomic mass is 28.3. The van der Waals surface area contributed by atoms with Gasteiger partial charge in [0.1, 0.15) is 8.07 Å². The zero-order valence-electron chi connectivity index (χ0n) is 20.5. The molecule has 0 radical (unpaired) electrons. The predicted molar refractivity (Wildman–Crippen MR) is 132 cm³/mol. The van der Waals surface area contributed by atoms with Crippen molar-refractivity contribution in [2.45, 2.75) is 65.5 Å². The summed E-state index contributed by atoms with van der Waals surface area (Å²) in [6.07, 6.45) is 6.09. The van der Waals surface area contributed by atoms with Crippen molar-refractivity contribution in [2.24, 2.45) is 0 Å². The molecule has 0 spiro atoms. The van der Waals surface area contributed by atoms with E-state index in [0.29, 0.717) is 6.05 Å². The number of benzene rings is 2. The molecule has 0 unspecified atom stereocenters. The third kappa shape index (κ3) is 4.90. The molecule has 2 aromatic carbocycles. The van der Waals surface area contributed by atoms with Crippen molar-refractivity contribution in [3.05, 3.63) is 94.7 Å². The fourth-order valence-electron chi connectivity index (χ4n) is 4.06. The number of hydrogen-bond acceptors (Lipinski definition) is 0. The van der Waals surface area contributed by atoms with Crippen molar-refractivity contribution < 1.29 is 2.74 Å². The van der Waals surface area contributed by atoms with Crippen LogP contribution in [0.4, 0.5) is 0 Å². The van der Waals surface area contributed by atoms with Gasteiger partial charge >= 0.3 is 0 Å². The van der Waals surface area contributed by atoms with Crippen LogP contribution >= 0.6 is 0 Å². The van der Waals surface area contributed by atoms with Gasteiger partial charge in [0.15, 0.2) is 0 Å². The zero-order chi connectivity index (χ0) is 22.4. The van der Waals surface area contributed by atoms with E-state index in [-0.39, 0.29) is 0 Å². The first-order valence-corrected chi connectivity index (χ1v) is 14.2. The molecule has 1 aliphatic rings. The summed E-state index contributed by atoms with van der Waals surface area (Å²) < 4.78 is 18.1. The molecule has 1 aliphatic heterocycles. The maximum atomic E-state index is 9.12. The molecule has 2 aromatic rings. The van der Waals surface area contributed by atoms with E-state index in [1.54, 1.807) is 0 Å². The van der Waals surface area contributed by atoms with Gasteiger partial charge in [0, 0.05) is 0 Å². The van der Waals surface area contributed by atoms with E-state index >= 15 is 0 Å². The molecule has 3 rings (SSSR count). The van der Waals surface area contributed by atoms with Crippen LogP contribution in [0.3, 0.4) is 0 Å². The van der Waals surface area contributed by atoms with Crippen LogP contribution in [-0.4, -0.2) is 8.07 Å². The molecule has 0 saturated heterocycles. The molecule has 1 heterocycles. The summed E-state index contributed by atoms with van der Waals surface area (Å²) in [7, 11) is -1.98. The summed E-state index contributed by atoms with van der Waals surface area (Å²) in [5.74, 6) is 0. The van der Waals surface area contributed by atoms with Crippen LogP contribution in [0, 0.1) is 0 Å². The Labute approximate surface area is 181 Å². The molecule has 1 heteroatoms. The molecule has 0 bridgehead atoms. The highest BCUT2D eigenvalue weighted by Crippen LogP contribution is 2.47. The molecule has 152 valence electrons. The Balaban J connectivity index is 2.27. The first-order chi connectivity index (χ1) is 14.9. The van der Waals surface area contributed by atoms with Gasteiger partial charge in [0.05, 0.1) is 2.74 Å². The minimum atomic E-state index is -1.98. The third-order valence-electron chi connectivity index (χ3n) is 5.83. The van der Waals surface area contributed by atoms with Gasteiger partial charge in [0.25, 0.3) is 0 Å². The van der Waals surface area contributed by atoms with E-state index in [4.69, 9.17) is 2.74 Å². The maximum Gasteiger partial charge on any atom is 0.113 e. The highest BCUT2D eigenvalue weighted by Gasteiger charge is 2.40. The van der Waals surface area contributed by atoms with Gasteiger partial charge in [-0.25, -0.2) is 0 Å². The van der Waals surface area contributed by atoms with Crippen LogP contribution in [0.15, 0.2) is 83.5 Å². The second kappa shape index (κ2) is 10.1. The molecule has 0 nitrogen and oxygen atoms in total. The smallest absolute Gasteiger partial charge is 0.0807 e. The summed E-state index contributed by atoms with van der Waals surface area (Å²) in [6, 6.07) is 22.5. The molecule has 0 atom stereocenters. The first-order valence-electron chi connectivity index (χ1n) is 12.2. The first kappa shape index (κ1) is 18.9. The van der Waals surface area contributed by atoms with E-state index in [2.05, 4.69) is 81.5 Å². The molecule has 0 N–H and O–H groups in total. The van der Waals surface area contributed by atoms with Crippen molar-refractivity contribution in [1.29, 1.82) is 0 Å². The SMILES string of the molecule is [2H]C1=C(c2ccccc2)[Si](C)(C)/C1=C(\C(CCCC)=C(/[2H])CCCC)c1ccccc1. The Morgan fingerprint density at radius 2 is 1.55 bits per heavy atom. The lowest BCUT2D eigenvalue weighted by Crippen LogP contribution is -2.39. The summed E-state index contributed by atoms with van der Waals surface area (Å²) >= 11 is 0. The van der Waals surface area contributed by atoms with Gasteiger partial charge in [-0.2, -0.15) is 0 Å². The summed E-state index contributed by atoms with van der Waals surface area (Å²) in [4.78, 5) is 0. The average molecular weight is 403 g/mol. The number of rotatable bonds is 9. The largest absolute Gasteiger partial charge is 0.113 e. The molecule has 0 aromatic heterocycles. The molecule has 0 amide bonds. The van der Waals surface area contributed by atoms with Gasteiger partial charge in [-0.1, -0.05) is 119 Å². The monoisotopic (exact) mass is 402 g/mol. The van der Waals surface area contributed by atoms with Gasteiger partial charge in [-0.3, -0.25) is 0 Å². The average Bonchev–Trinajstić information content (AvgIpc) is 2.78. The van der Waals surface area contributed by atoms with Crippen LogP contribution in [-0.2, 0) is 0 Å². The fourth-order valence-corrected chi connectivity index (χ4v) is 6.80. The molecular weight excluding hydrogens is 364 g/mol. The van der Waals surface area contributed by atoms with Crippen LogP contribution in [0.1, 0.15) is 66.2 Å². The lowest BCUT2D eigenvalue weighted by molar-refractivity contribution is 0.780. The van der Waals surface area contributed by atoms with Crippen molar-refractivity contribution in [1.82, 2.24) is 0 Å². The highest BCUT2D eigenvalue weighted by molar-refractivity contribution is 7.05. The zero-order valence-corrected chi connectivity index (χ0v) is 19.5. The van der Waals surface area contributed by atoms with E-state index in [9.17, 15) is 0 Å². The van der Waals surface area contributed by atoms with E-state index in [0.717, 1.165) is 44.6 Å². The van der Waals surface area contributed by atoms with Crippen molar-refractivity contribution in [2.75, 3.05) is 0 Å². The van der Waals surface area contributed by atoms with Crippen LogP contribution in [0.5, 0.6) is 0 Å². The normalized spacial score (nSPS) is 19.2. The second-order valence-electron chi connectivity index (χ2n) is 8.47. The maximum absolute atomic E-state index is 9.12. The van der Waals surface area contributed by atoms with Gasteiger partial charge in [0.2, 0.25) is 0 Å². The molecule has 0 aliphatic carbocycles. The topological polar surface area (TPSA) is 0 Å². The van der Waals surface area contributed by atoms with Crippen LogP contribution in [0.25, 0.3) is 10.8 Å². The molecular formula is C28H36Si. The Kier molecular flexibility index (Phi) is 6.56. The lowest BCUT2D eigenvalue weighted by atomic mass is 9.91. The minimum absolute atomic E-state index is 0.694. The molecule has 0 saturated carbocycles. The van der Waals surface area contributed by atoms with Gasteiger partial charge in [-0.05, 0) is 51.9 Å². The van der Waals surface area contributed by atoms with Crippen molar-refractivity contribution in [3.8, 4) is 0 Å². The molecule has 0 fully saturated rings. The summed E-state index contributed by atoms with van der Waals surface area (Å²) in [5.41, 5.74) is 4.73. The standard InChI is InChI=1S/C28H36Si/c1-5-7-11-19-24(16-8-6-2)28(25-20-14-10-15-21-25)27-22-26(29(27,3)4)23-17-12-9-13-18-23/h9-10,12-15,17-22H,5-8,11,16H2,1-4H3/b24-19+,28-27+/i19D,22D. The Morgan fingerprint density at radius 1 is 0.931 bits per heavy atom. The van der Waals surface area contributed by atoms with E-state index in [1.807, 2.05) is 6.07 Å². The van der Waals surface area contributed by atoms with Crippen molar-refractivity contribution in [3.63, 3.8) is 0 Å². The minimum Gasteiger partial charge on any atom is -0.0807 e.